The van der Waals surface area contributed by atoms with E-state index in [0.717, 1.165) is 0 Å². The van der Waals surface area contributed by atoms with Crippen LogP contribution in [0.1, 0.15) is 26.3 Å². The molecule has 0 atom stereocenters. The molecule has 28 heavy (non-hydrogen) atoms. The van der Waals surface area contributed by atoms with Crippen LogP contribution in [-0.2, 0) is 0 Å². The second kappa shape index (κ2) is 8.77. The van der Waals surface area contributed by atoms with Crippen LogP contribution in [0.15, 0.2) is 78.9 Å². The average molecular weight is 376 g/mol. The lowest BCUT2D eigenvalue weighted by molar-refractivity contribution is 0.0734. The summed E-state index contributed by atoms with van der Waals surface area (Å²) in [5.74, 6) is -0.233. The first kappa shape index (κ1) is 19.0. The zero-order chi connectivity index (χ0) is 19.9. The number of hydrogen-bond acceptors (Lipinski definition) is 4. The standard InChI is InChI=1S/C23H17FO4/c1-27-19-11-8-18(9-12-19)23(26)28-20-13-6-17(7-14-20)22(25)15-10-16-4-2-3-5-21(16)24/h2-15H,1H3. The van der Waals surface area contributed by atoms with Gasteiger partial charge in [0.2, 0.25) is 0 Å². The zero-order valence-corrected chi connectivity index (χ0v) is 15.1. The molecule has 0 aliphatic heterocycles. The Morgan fingerprint density at radius 3 is 2.07 bits per heavy atom. The normalized spacial score (nSPS) is 10.6. The molecule has 0 heterocycles. The molecule has 0 fully saturated rings. The van der Waals surface area contributed by atoms with Crippen LogP contribution in [0.4, 0.5) is 4.39 Å². The second-order valence-corrected chi connectivity index (χ2v) is 5.86. The molecule has 5 heteroatoms. The maximum absolute atomic E-state index is 13.6. The summed E-state index contributed by atoms with van der Waals surface area (Å²) >= 11 is 0. The van der Waals surface area contributed by atoms with Crippen LogP contribution in [0.25, 0.3) is 6.08 Å². The summed E-state index contributed by atoms with van der Waals surface area (Å²) in [4.78, 5) is 24.4. The van der Waals surface area contributed by atoms with Crippen molar-refractivity contribution in [2.24, 2.45) is 0 Å². The fraction of sp³-hybridized carbons (Fsp3) is 0.0435. The molecule has 0 radical (unpaired) electrons. The van der Waals surface area contributed by atoms with Gasteiger partial charge < -0.3 is 9.47 Å². The van der Waals surface area contributed by atoms with Gasteiger partial charge >= 0.3 is 5.97 Å². The highest BCUT2D eigenvalue weighted by atomic mass is 19.1. The van der Waals surface area contributed by atoms with Gasteiger partial charge in [-0.05, 0) is 66.7 Å². The van der Waals surface area contributed by atoms with Crippen LogP contribution in [0.2, 0.25) is 0 Å². The number of benzene rings is 3. The van der Waals surface area contributed by atoms with Crippen molar-refractivity contribution in [3.63, 3.8) is 0 Å². The summed E-state index contributed by atoms with van der Waals surface area (Å²) in [7, 11) is 1.54. The minimum atomic E-state index is -0.513. The summed E-state index contributed by atoms with van der Waals surface area (Å²) in [5.41, 5.74) is 1.12. The van der Waals surface area contributed by atoms with E-state index < -0.39 is 11.8 Å². The highest BCUT2D eigenvalue weighted by Gasteiger charge is 2.10. The van der Waals surface area contributed by atoms with Crippen molar-refractivity contribution in [1.82, 2.24) is 0 Å². The molecule has 0 aliphatic rings. The topological polar surface area (TPSA) is 52.6 Å². The summed E-state index contributed by atoms with van der Waals surface area (Å²) < 4.78 is 23.9. The molecule has 0 amide bonds. The van der Waals surface area contributed by atoms with Gasteiger partial charge in [-0.2, -0.15) is 0 Å². The third-order valence-corrected chi connectivity index (χ3v) is 3.99. The Morgan fingerprint density at radius 2 is 1.43 bits per heavy atom. The molecular weight excluding hydrogens is 359 g/mol. The molecule has 3 rings (SSSR count). The maximum Gasteiger partial charge on any atom is 0.343 e. The predicted molar refractivity (Wildman–Crippen MR) is 104 cm³/mol. The van der Waals surface area contributed by atoms with Gasteiger partial charge in [-0.1, -0.05) is 18.2 Å². The van der Waals surface area contributed by atoms with Gasteiger partial charge in [-0.3, -0.25) is 4.79 Å². The van der Waals surface area contributed by atoms with E-state index in [0.29, 0.717) is 28.2 Å². The first-order valence-electron chi connectivity index (χ1n) is 8.50. The lowest BCUT2D eigenvalue weighted by atomic mass is 10.1. The smallest absolute Gasteiger partial charge is 0.343 e. The van der Waals surface area contributed by atoms with Crippen molar-refractivity contribution in [1.29, 1.82) is 0 Å². The summed E-state index contributed by atoms with van der Waals surface area (Å²) in [6.45, 7) is 0. The number of methoxy groups -OCH3 is 1. The first-order chi connectivity index (χ1) is 13.6. The number of carbonyl (C=O) groups excluding carboxylic acids is 2. The summed E-state index contributed by atoms with van der Waals surface area (Å²) in [5, 5.41) is 0. The van der Waals surface area contributed by atoms with Crippen molar-refractivity contribution in [2.45, 2.75) is 0 Å². The minimum Gasteiger partial charge on any atom is -0.497 e. The van der Waals surface area contributed by atoms with E-state index in [1.54, 1.807) is 61.7 Å². The molecule has 140 valence electrons. The largest absolute Gasteiger partial charge is 0.497 e. The molecule has 0 N–H and O–H groups in total. The zero-order valence-electron chi connectivity index (χ0n) is 15.1. The molecule has 0 saturated carbocycles. The molecule has 0 saturated heterocycles. The predicted octanol–water partition coefficient (Wildman–Crippen LogP) is 4.95. The number of ketones is 1. The SMILES string of the molecule is COc1ccc(C(=O)Oc2ccc(C(=O)C=Cc3ccccc3F)cc2)cc1. The van der Waals surface area contributed by atoms with Crippen LogP contribution in [0.3, 0.4) is 0 Å². The van der Waals surface area contributed by atoms with Crippen molar-refractivity contribution in [3.05, 3.63) is 101 Å². The average Bonchev–Trinajstić information content (AvgIpc) is 2.73. The van der Waals surface area contributed by atoms with E-state index in [-0.39, 0.29) is 5.78 Å². The minimum absolute atomic E-state index is 0.281. The lowest BCUT2D eigenvalue weighted by Gasteiger charge is -2.06. The van der Waals surface area contributed by atoms with Crippen LogP contribution in [-0.4, -0.2) is 18.9 Å². The van der Waals surface area contributed by atoms with Gasteiger partial charge in [0, 0.05) is 11.1 Å². The number of hydrogen-bond donors (Lipinski definition) is 0. The number of esters is 1. The number of allylic oxidation sites excluding steroid dienone is 1. The Kier molecular flexibility index (Phi) is 5.97. The molecule has 0 aromatic heterocycles. The number of ether oxygens (including phenoxy) is 2. The van der Waals surface area contributed by atoms with Gasteiger partial charge in [-0.15, -0.1) is 0 Å². The fourth-order valence-electron chi connectivity index (χ4n) is 2.45. The van der Waals surface area contributed by atoms with E-state index in [1.165, 1.54) is 30.4 Å². The van der Waals surface area contributed by atoms with E-state index in [4.69, 9.17) is 9.47 Å². The highest BCUT2D eigenvalue weighted by molar-refractivity contribution is 6.06. The maximum atomic E-state index is 13.6. The van der Waals surface area contributed by atoms with E-state index >= 15 is 0 Å². The molecule has 0 bridgehead atoms. The molecule has 0 unspecified atom stereocenters. The Labute approximate surface area is 161 Å². The third-order valence-electron chi connectivity index (χ3n) is 3.99. The Balaban J connectivity index is 1.64. The van der Waals surface area contributed by atoms with Gasteiger partial charge in [0.15, 0.2) is 5.78 Å². The summed E-state index contributed by atoms with van der Waals surface area (Å²) in [6.07, 6.45) is 2.73. The molecule has 3 aromatic carbocycles. The molecule has 0 aliphatic carbocycles. The number of rotatable bonds is 6. The lowest BCUT2D eigenvalue weighted by Crippen LogP contribution is -2.08. The van der Waals surface area contributed by atoms with Crippen molar-refractivity contribution < 1.29 is 23.5 Å². The molecule has 3 aromatic rings. The monoisotopic (exact) mass is 376 g/mol. The van der Waals surface area contributed by atoms with Gasteiger partial charge in [0.1, 0.15) is 17.3 Å². The number of carbonyl (C=O) groups is 2. The first-order valence-corrected chi connectivity index (χ1v) is 8.50. The van der Waals surface area contributed by atoms with Crippen molar-refractivity contribution in [2.75, 3.05) is 7.11 Å². The van der Waals surface area contributed by atoms with Crippen LogP contribution < -0.4 is 9.47 Å². The molecule has 4 nitrogen and oxygen atoms in total. The Morgan fingerprint density at radius 1 is 0.821 bits per heavy atom. The van der Waals surface area contributed by atoms with Crippen molar-refractivity contribution in [3.8, 4) is 11.5 Å². The second-order valence-electron chi connectivity index (χ2n) is 5.86. The van der Waals surface area contributed by atoms with Gasteiger partial charge in [0.05, 0.1) is 12.7 Å². The highest BCUT2D eigenvalue weighted by Crippen LogP contribution is 2.17. The number of halogens is 1. The van der Waals surface area contributed by atoms with E-state index in [9.17, 15) is 14.0 Å². The van der Waals surface area contributed by atoms with Crippen LogP contribution in [0.5, 0.6) is 11.5 Å². The Hall–Kier alpha value is -3.73. The quantitative estimate of drug-likeness (QED) is 0.264. The fourth-order valence-corrected chi connectivity index (χ4v) is 2.45. The van der Waals surface area contributed by atoms with E-state index in [1.807, 2.05) is 0 Å². The van der Waals surface area contributed by atoms with Crippen LogP contribution >= 0.6 is 0 Å². The van der Waals surface area contributed by atoms with Gasteiger partial charge in [0.25, 0.3) is 0 Å². The van der Waals surface area contributed by atoms with Crippen LogP contribution in [0, 0.1) is 5.82 Å². The Bertz CT molecular complexity index is 1010. The third kappa shape index (κ3) is 4.71. The summed E-state index contributed by atoms with van der Waals surface area (Å²) in [6, 6.07) is 18.9. The van der Waals surface area contributed by atoms with E-state index in [2.05, 4.69) is 0 Å². The van der Waals surface area contributed by atoms with Gasteiger partial charge in [-0.25, -0.2) is 9.18 Å². The van der Waals surface area contributed by atoms with Crippen molar-refractivity contribution >= 4 is 17.8 Å². The molecular formula is C23H17FO4. The molecule has 0 spiro atoms.